The molecule has 1 unspecified atom stereocenters. The number of para-hydroxylation sites is 1. The molecule has 2 rings (SSSR count). The van der Waals surface area contributed by atoms with Crippen LogP contribution in [0, 0.1) is 0 Å². The van der Waals surface area contributed by atoms with Crippen molar-refractivity contribution in [2.45, 2.75) is 45.8 Å². The van der Waals surface area contributed by atoms with E-state index in [4.69, 9.17) is 15.0 Å². The van der Waals surface area contributed by atoms with E-state index in [1.54, 1.807) is 0 Å². The van der Waals surface area contributed by atoms with Crippen LogP contribution in [0.4, 0.5) is 0 Å². The maximum atomic E-state index is 6.04. The van der Waals surface area contributed by atoms with Gasteiger partial charge in [0.2, 0.25) is 0 Å². The molecule has 1 atom stereocenters. The van der Waals surface area contributed by atoms with Crippen molar-refractivity contribution in [1.29, 1.82) is 0 Å². The Morgan fingerprint density at radius 3 is 2.86 bits per heavy atom. The minimum atomic E-state index is 0.122. The predicted octanol–water partition coefficient (Wildman–Crippen LogP) is 3.25. The molecule has 5 nitrogen and oxygen atoms in total. The summed E-state index contributed by atoms with van der Waals surface area (Å²) in [6, 6.07) is 6.08. The van der Waals surface area contributed by atoms with Crippen molar-refractivity contribution < 1.29 is 9.26 Å². The van der Waals surface area contributed by atoms with Gasteiger partial charge in [-0.1, -0.05) is 31.1 Å². The van der Waals surface area contributed by atoms with Gasteiger partial charge in [0.25, 0.3) is 5.89 Å². The van der Waals surface area contributed by atoms with E-state index in [-0.39, 0.29) is 12.6 Å². The first-order valence-electron chi connectivity index (χ1n) is 7.11. The monoisotopic (exact) mass is 353 g/mol. The minimum Gasteiger partial charge on any atom is -0.482 e. The normalized spacial score (nSPS) is 12.4. The molecule has 1 aromatic carbocycles. The van der Waals surface area contributed by atoms with Crippen molar-refractivity contribution in [3.8, 4) is 5.75 Å². The van der Waals surface area contributed by atoms with Gasteiger partial charge in [-0.15, -0.1) is 0 Å². The third-order valence-corrected chi connectivity index (χ3v) is 3.85. The molecule has 2 aromatic rings. The summed E-state index contributed by atoms with van der Waals surface area (Å²) in [6.45, 7) is 4.31. The van der Waals surface area contributed by atoms with Gasteiger partial charge >= 0.3 is 0 Å². The molecule has 0 fully saturated rings. The van der Waals surface area contributed by atoms with Crippen LogP contribution in [0.1, 0.15) is 37.5 Å². The highest BCUT2D eigenvalue weighted by atomic mass is 79.9. The molecule has 0 aliphatic rings. The number of aromatic nitrogens is 2. The lowest BCUT2D eigenvalue weighted by molar-refractivity contribution is 0.239. The fourth-order valence-corrected chi connectivity index (χ4v) is 2.45. The maximum absolute atomic E-state index is 6.04. The Bertz CT molecular complexity index is 586. The van der Waals surface area contributed by atoms with Crippen molar-refractivity contribution in [3.05, 3.63) is 40.0 Å². The number of benzene rings is 1. The molecule has 0 amide bonds. The lowest BCUT2D eigenvalue weighted by Crippen LogP contribution is -2.21. The van der Waals surface area contributed by atoms with Crippen molar-refractivity contribution in [1.82, 2.24) is 10.1 Å². The van der Waals surface area contributed by atoms with Gasteiger partial charge in [-0.05, 0) is 40.4 Å². The van der Waals surface area contributed by atoms with Crippen LogP contribution in [-0.2, 0) is 19.4 Å². The lowest BCUT2D eigenvalue weighted by atomic mass is 10.0. The Labute approximate surface area is 133 Å². The molecular formula is C15H20BrN3O2. The van der Waals surface area contributed by atoms with E-state index < -0.39 is 0 Å². The highest BCUT2D eigenvalue weighted by Crippen LogP contribution is 2.30. The summed E-state index contributed by atoms with van der Waals surface area (Å²) < 4.78 is 11.9. The van der Waals surface area contributed by atoms with E-state index in [2.05, 4.69) is 33.0 Å². The first kappa shape index (κ1) is 16.0. The number of hydrogen-bond donors (Lipinski definition) is 1. The topological polar surface area (TPSA) is 74.2 Å². The van der Waals surface area contributed by atoms with Gasteiger partial charge in [-0.25, -0.2) is 0 Å². The second kappa shape index (κ2) is 7.56. The first-order valence-corrected chi connectivity index (χ1v) is 7.90. The summed E-state index contributed by atoms with van der Waals surface area (Å²) in [6.07, 6.45) is 2.44. The molecule has 21 heavy (non-hydrogen) atoms. The summed E-state index contributed by atoms with van der Waals surface area (Å²) in [5, 5.41) is 3.86. The van der Waals surface area contributed by atoms with Crippen LogP contribution in [0.15, 0.2) is 27.2 Å². The molecule has 1 heterocycles. The number of halogens is 1. The van der Waals surface area contributed by atoms with E-state index in [9.17, 15) is 0 Å². The number of nitrogens with zero attached hydrogens (tertiary/aromatic N) is 2. The molecule has 6 heteroatoms. The summed E-state index contributed by atoms with van der Waals surface area (Å²) >= 11 is 3.52. The van der Waals surface area contributed by atoms with Gasteiger partial charge in [-0.2, -0.15) is 4.98 Å². The zero-order chi connectivity index (χ0) is 15.2. The highest BCUT2D eigenvalue weighted by Gasteiger charge is 2.13. The first-order chi connectivity index (χ1) is 10.1. The second-order valence-corrected chi connectivity index (χ2v) is 5.70. The number of aryl methyl sites for hydroxylation is 1. The Kier molecular flexibility index (Phi) is 5.76. The molecule has 0 aliphatic carbocycles. The van der Waals surface area contributed by atoms with Crippen LogP contribution >= 0.6 is 15.9 Å². The van der Waals surface area contributed by atoms with Crippen molar-refractivity contribution in [2.75, 3.05) is 0 Å². The zero-order valence-electron chi connectivity index (χ0n) is 12.3. The number of rotatable bonds is 7. The van der Waals surface area contributed by atoms with Crippen LogP contribution in [-0.4, -0.2) is 16.2 Å². The van der Waals surface area contributed by atoms with Gasteiger partial charge in [0.15, 0.2) is 12.4 Å². The number of hydrogen-bond acceptors (Lipinski definition) is 5. The molecule has 0 aliphatic heterocycles. The lowest BCUT2D eigenvalue weighted by Gasteiger charge is -2.15. The van der Waals surface area contributed by atoms with E-state index in [0.29, 0.717) is 11.7 Å². The molecule has 0 saturated heterocycles. The molecule has 1 aromatic heterocycles. The molecule has 0 radical (unpaired) electrons. The van der Waals surface area contributed by atoms with Crippen molar-refractivity contribution >= 4 is 15.9 Å². The molecule has 2 N–H and O–H groups in total. The van der Waals surface area contributed by atoms with Crippen LogP contribution < -0.4 is 10.5 Å². The van der Waals surface area contributed by atoms with Crippen molar-refractivity contribution in [3.63, 3.8) is 0 Å². The van der Waals surface area contributed by atoms with Gasteiger partial charge in [0.1, 0.15) is 5.75 Å². The summed E-state index contributed by atoms with van der Waals surface area (Å²) in [7, 11) is 0. The zero-order valence-corrected chi connectivity index (χ0v) is 13.9. The van der Waals surface area contributed by atoms with Crippen LogP contribution in [0.2, 0.25) is 0 Å². The summed E-state index contributed by atoms with van der Waals surface area (Å²) in [5.41, 5.74) is 7.12. The van der Waals surface area contributed by atoms with Gasteiger partial charge < -0.3 is 15.0 Å². The van der Waals surface area contributed by atoms with Crippen LogP contribution in [0.25, 0.3) is 0 Å². The predicted molar refractivity (Wildman–Crippen MR) is 84.1 cm³/mol. The molecule has 0 saturated carbocycles. The smallest absolute Gasteiger partial charge is 0.264 e. The van der Waals surface area contributed by atoms with Gasteiger partial charge in [0, 0.05) is 12.5 Å². The van der Waals surface area contributed by atoms with Crippen LogP contribution in [0.3, 0.4) is 0 Å². The van der Waals surface area contributed by atoms with E-state index in [1.807, 2.05) is 25.1 Å². The van der Waals surface area contributed by atoms with Crippen molar-refractivity contribution in [2.24, 2.45) is 5.73 Å². The maximum Gasteiger partial charge on any atom is 0.264 e. The molecule has 114 valence electrons. The highest BCUT2D eigenvalue weighted by molar-refractivity contribution is 9.10. The van der Waals surface area contributed by atoms with Crippen LogP contribution in [0.5, 0.6) is 5.75 Å². The molecule has 0 spiro atoms. The summed E-state index contributed by atoms with van der Waals surface area (Å²) in [4.78, 5) is 4.24. The number of ether oxygens (including phenoxy) is 1. The standard InChI is InChI=1S/C15H20BrN3O2/c1-3-11(17)8-10-6-5-7-12(16)15(10)20-9-14-18-13(4-2)19-21-14/h5-7,11H,3-4,8-9,17H2,1-2H3. The van der Waals surface area contributed by atoms with Gasteiger partial charge in [0.05, 0.1) is 4.47 Å². The Balaban J connectivity index is 2.10. The number of nitrogens with two attached hydrogens (primary N) is 1. The molecule has 0 bridgehead atoms. The third-order valence-electron chi connectivity index (χ3n) is 3.22. The quantitative estimate of drug-likeness (QED) is 0.826. The van der Waals surface area contributed by atoms with E-state index >= 15 is 0 Å². The average Bonchev–Trinajstić information content (AvgIpc) is 2.94. The third kappa shape index (κ3) is 4.28. The largest absolute Gasteiger partial charge is 0.482 e. The van der Waals surface area contributed by atoms with E-state index in [0.717, 1.165) is 35.0 Å². The van der Waals surface area contributed by atoms with Gasteiger partial charge in [-0.3, -0.25) is 0 Å². The Hall–Kier alpha value is -1.40. The SMILES string of the molecule is CCc1noc(COc2c(Br)cccc2CC(N)CC)n1. The minimum absolute atomic E-state index is 0.122. The Morgan fingerprint density at radius 2 is 2.19 bits per heavy atom. The van der Waals surface area contributed by atoms with E-state index in [1.165, 1.54) is 0 Å². The Morgan fingerprint density at radius 1 is 1.38 bits per heavy atom. The fourth-order valence-electron chi connectivity index (χ4n) is 1.93. The second-order valence-electron chi connectivity index (χ2n) is 4.85. The fraction of sp³-hybridized carbons (Fsp3) is 0.467. The molecular weight excluding hydrogens is 334 g/mol. The summed E-state index contributed by atoms with van der Waals surface area (Å²) in [5.74, 6) is 1.96. The average molecular weight is 354 g/mol.